The zero-order valence-corrected chi connectivity index (χ0v) is 9.03. The highest BCUT2D eigenvalue weighted by Crippen LogP contribution is 2.30. The summed E-state index contributed by atoms with van der Waals surface area (Å²) < 4.78 is 5.05. The number of hydrogen-bond acceptors (Lipinski definition) is 2. The molecule has 0 amide bonds. The summed E-state index contributed by atoms with van der Waals surface area (Å²) in [5.74, 6) is 1.71. The number of methoxy groups -OCH3 is 1. The van der Waals surface area contributed by atoms with E-state index in [2.05, 4.69) is 0 Å². The molecule has 15 heavy (non-hydrogen) atoms. The molecule has 0 saturated heterocycles. The summed E-state index contributed by atoms with van der Waals surface area (Å²) in [5, 5.41) is 0. The highest BCUT2D eigenvalue weighted by Gasteiger charge is 2.21. The van der Waals surface area contributed by atoms with Crippen LogP contribution in [0.4, 0.5) is 0 Å². The van der Waals surface area contributed by atoms with Crippen LogP contribution < -0.4 is 4.74 Å². The van der Waals surface area contributed by atoms with Crippen molar-refractivity contribution in [3.8, 4) is 5.75 Å². The minimum absolute atomic E-state index is 0.266. The van der Waals surface area contributed by atoms with Gasteiger partial charge in [0.1, 0.15) is 5.75 Å². The Hall–Kier alpha value is -1.31. The van der Waals surface area contributed by atoms with Crippen LogP contribution in [0.25, 0.3) is 0 Å². The molecule has 1 aliphatic rings. The van der Waals surface area contributed by atoms with E-state index < -0.39 is 0 Å². The molecule has 1 aromatic carbocycles. The van der Waals surface area contributed by atoms with Crippen LogP contribution in [0.15, 0.2) is 24.3 Å². The molecule has 0 N–H and O–H groups in total. The van der Waals surface area contributed by atoms with Crippen LogP contribution in [0.3, 0.4) is 0 Å². The largest absolute Gasteiger partial charge is 0.497 e. The van der Waals surface area contributed by atoms with E-state index in [1.54, 1.807) is 7.11 Å². The van der Waals surface area contributed by atoms with Gasteiger partial charge in [-0.05, 0) is 30.2 Å². The number of ether oxygens (including phenoxy) is 1. The Bertz CT molecular complexity index is 336. The van der Waals surface area contributed by atoms with Gasteiger partial charge in [-0.15, -0.1) is 0 Å². The molecule has 1 fully saturated rings. The first-order valence-electron chi connectivity index (χ1n) is 5.47. The SMILES string of the molecule is COc1ccc(C(=O)CC2CCC2)cc1. The van der Waals surface area contributed by atoms with Crippen LogP contribution in [-0.2, 0) is 0 Å². The molecule has 2 rings (SSSR count). The second-order valence-electron chi connectivity index (χ2n) is 4.15. The maximum absolute atomic E-state index is 11.8. The van der Waals surface area contributed by atoms with E-state index in [0.717, 1.165) is 11.3 Å². The normalized spacial score (nSPS) is 15.8. The molecule has 1 aromatic rings. The van der Waals surface area contributed by atoms with Gasteiger partial charge in [-0.3, -0.25) is 4.79 Å². The highest BCUT2D eigenvalue weighted by molar-refractivity contribution is 5.96. The lowest BCUT2D eigenvalue weighted by molar-refractivity contribution is 0.0936. The number of hydrogen-bond donors (Lipinski definition) is 0. The summed E-state index contributed by atoms with van der Waals surface area (Å²) in [6, 6.07) is 7.38. The van der Waals surface area contributed by atoms with E-state index in [1.165, 1.54) is 19.3 Å². The van der Waals surface area contributed by atoms with Gasteiger partial charge in [-0.25, -0.2) is 0 Å². The molecule has 0 spiro atoms. The minimum Gasteiger partial charge on any atom is -0.497 e. The maximum atomic E-state index is 11.8. The van der Waals surface area contributed by atoms with Gasteiger partial charge in [-0.1, -0.05) is 19.3 Å². The average Bonchev–Trinajstić information content (AvgIpc) is 2.23. The molecule has 0 unspecified atom stereocenters. The van der Waals surface area contributed by atoms with Gasteiger partial charge < -0.3 is 4.74 Å². The van der Waals surface area contributed by atoms with Crippen LogP contribution in [0.1, 0.15) is 36.0 Å². The predicted molar refractivity (Wildman–Crippen MR) is 59.3 cm³/mol. The zero-order chi connectivity index (χ0) is 10.7. The van der Waals surface area contributed by atoms with E-state index >= 15 is 0 Å². The first kappa shape index (κ1) is 10.2. The van der Waals surface area contributed by atoms with E-state index in [4.69, 9.17) is 4.74 Å². The maximum Gasteiger partial charge on any atom is 0.163 e. The molecular weight excluding hydrogens is 188 g/mol. The second-order valence-corrected chi connectivity index (χ2v) is 4.15. The molecule has 0 bridgehead atoms. The number of carbonyl (C=O) groups is 1. The predicted octanol–water partition coefficient (Wildman–Crippen LogP) is 3.07. The molecule has 1 saturated carbocycles. The van der Waals surface area contributed by atoms with Gasteiger partial charge in [0.25, 0.3) is 0 Å². The summed E-state index contributed by atoms with van der Waals surface area (Å²) in [4.78, 5) is 11.8. The Kier molecular flexibility index (Phi) is 3.05. The first-order chi connectivity index (χ1) is 7.29. The van der Waals surface area contributed by atoms with Crippen molar-refractivity contribution in [3.63, 3.8) is 0 Å². The van der Waals surface area contributed by atoms with E-state index in [-0.39, 0.29) is 5.78 Å². The van der Waals surface area contributed by atoms with Crippen molar-refractivity contribution in [3.05, 3.63) is 29.8 Å². The van der Waals surface area contributed by atoms with Crippen LogP contribution in [-0.4, -0.2) is 12.9 Å². The van der Waals surface area contributed by atoms with Crippen LogP contribution in [0.2, 0.25) is 0 Å². The summed E-state index contributed by atoms with van der Waals surface area (Å²) in [6.07, 6.45) is 4.46. The number of rotatable bonds is 4. The molecule has 1 aliphatic carbocycles. The smallest absolute Gasteiger partial charge is 0.163 e. The molecule has 0 radical (unpaired) electrons. The number of benzene rings is 1. The van der Waals surface area contributed by atoms with Gasteiger partial charge in [0.15, 0.2) is 5.78 Å². The summed E-state index contributed by atoms with van der Waals surface area (Å²) in [6.45, 7) is 0. The third kappa shape index (κ3) is 2.38. The van der Waals surface area contributed by atoms with Crippen molar-refractivity contribution in [1.82, 2.24) is 0 Å². The van der Waals surface area contributed by atoms with Gasteiger partial charge in [0.2, 0.25) is 0 Å². The highest BCUT2D eigenvalue weighted by atomic mass is 16.5. The summed E-state index contributed by atoms with van der Waals surface area (Å²) in [7, 11) is 1.63. The molecular formula is C13H16O2. The number of carbonyl (C=O) groups excluding carboxylic acids is 1. The molecule has 0 heterocycles. The van der Waals surface area contributed by atoms with E-state index in [0.29, 0.717) is 12.3 Å². The Morgan fingerprint density at radius 1 is 1.33 bits per heavy atom. The minimum atomic E-state index is 0.266. The van der Waals surface area contributed by atoms with Crippen molar-refractivity contribution in [2.45, 2.75) is 25.7 Å². The van der Waals surface area contributed by atoms with Gasteiger partial charge in [-0.2, -0.15) is 0 Å². The van der Waals surface area contributed by atoms with Crippen molar-refractivity contribution in [2.24, 2.45) is 5.92 Å². The summed E-state index contributed by atoms with van der Waals surface area (Å²) in [5.41, 5.74) is 0.808. The average molecular weight is 204 g/mol. The Morgan fingerprint density at radius 2 is 2.00 bits per heavy atom. The lowest BCUT2D eigenvalue weighted by atomic mass is 9.81. The van der Waals surface area contributed by atoms with Crippen LogP contribution in [0, 0.1) is 5.92 Å². The fourth-order valence-electron chi connectivity index (χ4n) is 1.85. The third-order valence-corrected chi connectivity index (χ3v) is 3.11. The molecule has 0 atom stereocenters. The fourth-order valence-corrected chi connectivity index (χ4v) is 1.85. The Labute approximate surface area is 90.3 Å². The van der Waals surface area contributed by atoms with Crippen molar-refractivity contribution in [2.75, 3.05) is 7.11 Å². The number of ketones is 1. The topological polar surface area (TPSA) is 26.3 Å². The van der Waals surface area contributed by atoms with Crippen LogP contribution >= 0.6 is 0 Å². The van der Waals surface area contributed by atoms with Crippen molar-refractivity contribution in [1.29, 1.82) is 0 Å². The zero-order valence-electron chi connectivity index (χ0n) is 9.03. The van der Waals surface area contributed by atoms with Gasteiger partial charge in [0, 0.05) is 12.0 Å². The van der Waals surface area contributed by atoms with Gasteiger partial charge >= 0.3 is 0 Å². The fraction of sp³-hybridized carbons (Fsp3) is 0.462. The molecule has 0 aromatic heterocycles. The molecule has 0 aliphatic heterocycles. The third-order valence-electron chi connectivity index (χ3n) is 3.11. The Morgan fingerprint density at radius 3 is 2.47 bits per heavy atom. The molecule has 2 nitrogen and oxygen atoms in total. The van der Waals surface area contributed by atoms with Crippen LogP contribution in [0.5, 0.6) is 5.75 Å². The monoisotopic (exact) mass is 204 g/mol. The van der Waals surface area contributed by atoms with Crippen molar-refractivity contribution < 1.29 is 9.53 Å². The molecule has 80 valence electrons. The van der Waals surface area contributed by atoms with Crippen molar-refractivity contribution >= 4 is 5.78 Å². The standard InChI is InChI=1S/C13H16O2/c1-15-12-7-5-11(6-8-12)13(14)9-10-3-2-4-10/h5-8,10H,2-4,9H2,1H3. The van der Waals surface area contributed by atoms with Gasteiger partial charge in [0.05, 0.1) is 7.11 Å². The lowest BCUT2D eigenvalue weighted by Gasteiger charge is -2.24. The second kappa shape index (κ2) is 4.47. The molecule has 2 heteroatoms. The first-order valence-corrected chi connectivity index (χ1v) is 5.47. The lowest BCUT2D eigenvalue weighted by Crippen LogP contribution is -2.15. The quantitative estimate of drug-likeness (QED) is 0.704. The summed E-state index contributed by atoms with van der Waals surface area (Å²) >= 11 is 0. The van der Waals surface area contributed by atoms with E-state index in [9.17, 15) is 4.79 Å². The Balaban J connectivity index is 1.98. The van der Waals surface area contributed by atoms with E-state index in [1.807, 2.05) is 24.3 Å². The number of Topliss-reactive ketones (excluding diaryl/α,β-unsaturated/α-hetero) is 1.